The fourth-order valence-electron chi connectivity index (χ4n) is 2.81. The van der Waals surface area contributed by atoms with Crippen LogP contribution >= 0.6 is 0 Å². The Morgan fingerprint density at radius 2 is 2.24 bits per heavy atom. The van der Waals surface area contributed by atoms with Gasteiger partial charge < -0.3 is 9.84 Å². The molecule has 0 radical (unpaired) electrons. The van der Waals surface area contributed by atoms with Crippen molar-refractivity contribution in [3.63, 3.8) is 0 Å². The van der Waals surface area contributed by atoms with Crippen LogP contribution in [-0.2, 0) is 21.8 Å². The number of ether oxygens (including phenoxy) is 1. The number of rotatable bonds is 6. The Morgan fingerprint density at radius 1 is 1.52 bits per heavy atom. The lowest BCUT2D eigenvalue weighted by Crippen LogP contribution is -2.38. The minimum Gasteiger partial charge on any atom is -0.396 e. The second-order valence-electron chi connectivity index (χ2n) is 5.62. The van der Waals surface area contributed by atoms with Crippen molar-refractivity contribution < 1.29 is 18.3 Å². The molecule has 1 aromatic rings. The second-order valence-corrected chi connectivity index (χ2v) is 7.98. The van der Waals surface area contributed by atoms with Crippen molar-refractivity contribution in [1.29, 1.82) is 0 Å². The molecule has 1 aromatic heterocycles. The fourth-order valence-corrected chi connectivity index (χ4v) is 4.39. The number of aliphatic hydroxyl groups excluding tert-OH is 1. The number of aromatic nitrogens is 2. The molecule has 0 bridgehead atoms. The monoisotopic (exact) mass is 317 g/mol. The average Bonchev–Trinajstić information content (AvgIpc) is 3.04. The molecule has 2 rings (SSSR count). The number of sulfonamides is 1. The molecule has 1 aliphatic heterocycles. The van der Waals surface area contributed by atoms with Gasteiger partial charge in [0.05, 0.1) is 18.1 Å². The Balaban J connectivity index is 2.19. The molecule has 120 valence electrons. The van der Waals surface area contributed by atoms with E-state index in [1.54, 1.807) is 17.8 Å². The lowest BCUT2D eigenvalue weighted by Gasteiger charge is -2.21. The Morgan fingerprint density at radius 3 is 2.76 bits per heavy atom. The zero-order valence-corrected chi connectivity index (χ0v) is 13.5. The third-order valence-corrected chi connectivity index (χ3v) is 6.24. The minimum atomic E-state index is -3.41. The highest BCUT2D eigenvalue weighted by molar-refractivity contribution is 7.89. The van der Waals surface area contributed by atoms with E-state index in [0.29, 0.717) is 13.1 Å². The topological polar surface area (TPSA) is 84.7 Å². The summed E-state index contributed by atoms with van der Waals surface area (Å²) in [7, 11) is -0.0959. The van der Waals surface area contributed by atoms with Crippen molar-refractivity contribution in [3.8, 4) is 0 Å². The van der Waals surface area contributed by atoms with Gasteiger partial charge in [0, 0.05) is 51.9 Å². The van der Waals surface area contributed by atoms with Gasteiger partial charge in [-0.3, -0.25) is 4.68 Å². The first-order chi connectivity index (χ1) is 9.90. The first kappa shape index (κ1) is 16.4. The molecule has 0 amide bonds. The van der Waals surface area contributed by atoms with Gasteiger partial charge in [0.2, 0.25) is 10.0 Å². The lowest BCUT2D eigenvalue weighted by atomic mass is 9.92. The molecule has 0 unspecified atom stereocenters. The van der Waals surface area contributed by atoms with E-state index in [4.69, 9.17) is 4.74 Å². The van der Waals surface area contributed by atoms with Crippen LogP contribution < -0.4 is 0 Å². The van der Waals surface area contributed by atoms with Crippen molar-refractivity contribution >= 4 is 10.0 Å². The second kappa shape index (κ2) is 6.43. The Hall–Kier alpha value is -0.960. The van der Waals surface area contributed by atoms with Gasteiger partial charge in [-0.15, -0.1) is 0 Å². The molecule has 1 fully saturated rings. The van der Waals surface area contributed by atoms with E-state index in [-0.39, 0.29) is 25.0 Å². The average molecular weight is 317 g/mol. The van der Waals surface area contributed by atoms with Crippen LogP contribution in [0.25, 0.3) is 0 Å². The summed E-state index contributed by atoms with van der Waals surface area (Å²) in [5, 5.41) is 13.1. The minimum absolute atomic E-state index is 0.0202. The van der Waals surface area contributed by atoms with Crippen LogP contribution in [0, 0.1) is 5.92 Å². The van der Waals surface area contributed by atoms with E-state index in [0.717, 1.165) is 5.56 Å². The molecule has 0 spiro atoms. The van der Waals surface area contributed by atoms with Crippen molar-refractivity contribution in [3.05, 3.63) is 18.0 Å². The van der Waals surface area contributed by atoms with E-state index in [9.17, 15) is 13.5 Å². The molecule has 8 heteroatoms. The van der Waals surface area contributed by atoms with Gasteiger partial charge in [0.15, 0.2) is 0 Å². The lowest BCUT2D eigenvalue weighted by molar-refractivity contribution is 0.198. The van der Waals surface area contributed by atoms with E-state index in [2.05, 4.69) is 5.10 Å². The maximum absolute atomic E-state index is 12.5. The third-order valence-electron chi connectivity index (χ3n) is 4.06. The van der Waals surface area contributed by atoms with Gasteiger partial charge in [-0.25, -0.2) is 12.7 Å². The smallest absolute Gasteiger partial charge is 0.219 e. The largest absolute Gasteiger partial charge is 0.396 e. The molecule has 0 saturated carbocycles. The van der Waals surface area contributed by atoms with Gasteiger partial charge in [0.25, 0.3) is 0 Å². The summed E-state index contributed by atoms with van der Waals surface area (Å²) in [5.41, 5.74) is 0.966. The standard InChI is InChI=1S/C13H23N3O4S/c1-10(9-20-3)21(18,19)16-6-12(8-17)13(7-16)11-4-14-15(2)5-11/h4-5,10,12-13,17H,6-9H2,1-3H3/t10-,12+,13+/m1/s1. The van der Waals surface area contributed by atoms with Crippen LogP contribution in [-0.4, -0.2) is 66.3 Å². The van der Waals surface area contributed by atoms with Crippen LogP contribution in [0.5, 0.6) is 0 Å². The molecule has 3 atom stereocenters. The van der Waals surface area contributed by atoms with E-state index >= 15 is 0 Å². The summed E-state index contributed by atoms with van der Waals surface area (Å²) in [5.74, 6) is -0.119. The molecule has 1 N–H and O–H groups in total. The molecular weight excluding hydrogens is 294 g/mol. The van der Waals surface area contributed by atoms with E-state index in [1.165, 1.54) is 11.4 Å². The summed E-state index contributed by atoms with van der Waals surface area (Å²) in [4.78, 5) is 0. The third kappa shape index (κ3) is 3.28. The van der Waals surface area contributed by atoms with Gasteiger partial charge in [0.1, 0.15) is 0 Å². The van der Waals surface area contributed by atoms with Crippen LogP contribution in [0.3, 0.4) is 0 Å². The van der Waals surface area contributed by atoms with Gasteiger partial charge in [-0.2, -0.15) is 5.10 Å². The fraction of sp³-hybridized carbons (Fsp3) is 0.769. The highest BCUT2D eigenvalue weighted by Gasteiger charge is 2.41. The predicted octanol–water partition coefficient (Wildman–Crippen LogP) is -0.207. The number of aliphatic hydroxyl groups is 1. The van der Waals surface area contributed by atoms with Crippen LogP contribution in [0.15, 0.2) is 12.4 Å². The quantitative estimate of drug-likeness (QED) is 0.785. The first-order valence-corrected chi connectivity index (χ1v) is 8.47. The van der Waals surface area contributed by atoms with Gasteiger partial charge >= 0.3 is 0 Å². The Kier molecular flexibility index (Phi) is 5.03. The summed E-state index contributed by atoms with van der Waals surface area (Å²) in [6.45, 7) is 2.49. The van der Waals surface area contributed by atoms with E-state index < -0.39 is 15.3 Å². The maximum Gasteiger partial charge on any atom is 0.219 e. The van der Waals surface area contributed by atoms with E-state index in [1.807, 2.05) is 13.2 Å². The molecule has 2 heterocycles. The van der Waals surface area contributed by atoms with Crippen LogP contribution in [0.4, 0.5) is 0 Å². The highest BCUT2D eigenvalue weighted by Crippen LogP contribution is 2.34. The first-order valence-electron chi connectivity index (χ1n) is 6.97. The van der Waals surface area contributed by atoms with Gasteiger partial charge in [-0.1, -0.05) is 0 Å². The number of nitrogens with zero attached hydrogens (tertiary/aromatic N) is 3. The van der Waals surface area contributed by atoms with Crippen molar-refractivity contribution in [2.75, 3.05) is 33.4 Å². The van der Waals surface area contributed by atoms with Crippen LogP contribution in [0.1, 0.15) is 18.4 Å². The highest BCUT2D eigenvalue weighted by atomic mass is 32.2. The molecule has 1 saturated heterocycles. The molecule has 1 aliphatic rings. The van der Waals surface area contributed by atoms with Crippen molar-refractivity contribution in [1.82, 2.24) is 14.1 Å². The molecule has 0 aromatic carbocycles. The summed E-state index contributed by atoms with van der Waals surface area (Å²) in [6.07, 6.45) is 3.62. The van der Waals surface area contributed by atoms with Crippen molar-refractivity contribution in [2.45, 2.75) is 18.1 Å². The zero-order valence-electron chi connectivity index (χ0n) is 12.6. The summed E-state index contributed by atoms with van der Waals surface area (Å²) >= 11 is 0. The Bertz CT molecular complexity index is 572. The SMILES string of the molecule is COC[C@@H](C)S(=O)(=O)N1C[C@@H](CO)[C@H](c2cnn(C)c2)C1. The van der Waals surface area contributed by atoms with Crippen LogP contribution in [0.2, 0.25) is 0 Å². The summed E-state index contributed by atoms with van der Waals surface area (Å²) < 4.78 is 33.1. The number of hydrogen-bond acceptors (Lipinski definition) is 5. The van der Waals surface area contributed by atoms with Gasteiger partial charge in [-0.05, 0) is 12.5 Å². The molecule has 0 aliphatic carbocycles. The van der Waals surface area contributed by atoms with Crippen molar-refractivity contribution in [2.24, 2.45) is 13.0 Å². The number of methoxy groups -OCH3 is 1. The molecule has 21 heavy (non-hydrogen) atoms. The normalized spacial score (nSPS) is 25.3. The number of hydrogen-bond donors (Lipinski definition) is 1. The maximum atomic E-state index is 12.5. The summed E-state index contributed by atoms with van der Waals surface area (Å²) in [6, 6.07) is 0. The molecule has 7 nitrogen and oxygen atoms in total. The number of aryl methyl sites for hydroxylation is 1. The molecular formula is C13H23N3O4S. The predicted molar refractivity (Wildman–Crippen MR) is 78.4 cm³/mol. The Labute approximate surface area is 125 Å². The zero-order chi connectivity index (χ0) is 15.6.